The van der Waals surface area contributed by atoms with E-state index >= 15 is 0 Å². The number of benzene rings is 2. The molecule has 7 heteroatoms. The van der Waals surface area contributed by atoms with Gasteiger partial charge in [0.05, 0.1) is 10.2 Å². The summed E-state index contributed by atoms with van der Waals surface area (Å²) in [6.07, 6.45) is 0. The first-order valence-electron chi connectivity index (χ1n) is 9.40. The predicted molar refractivity (Wildman–Crippen MR) is 117 cm³/mol. The Kier molecular flexibility index (Phi) is 5.42. The van der Waals surface area contributed by atoms with Crippen LogP contribution in [-0.4, -0.2) is 42.1 Å². The normalized spacial score (nSPS) is 14.5. The van der Waals surface area contributed by atoms with Crippen molar-refractivity contribution in [3.63, 3.8) is 0 Å². The van der Waals surface area contributed by atoms with Crippen molar-refractivity contribution in [1.82, 2.24) is 15.2 Å². The molecule has 1 aliphatic heterocycles. The molecule has 0 unspecified atom stereocenters. The highest BCUT2D eigenvalue weighted by Gasteiger charge is 2.23. The largest absolute Gasteiger partial charge is 0.345 e. The van der Waals surface area contributed by atoms with Crippen LogP contribution in [-0.2, 0) is 6.54 Å². The van der Waals surface area contributed by atoms with Crippen LogP contribution in [0, 0.1) is 13.8 Å². The van der Waals surface area contributed by atoms with E-state index in [1.165, 1.54) is 15.8 Å². The minimum Gasteiger partial charge on any atom is -0.345 e. The monoisotopic (exact) mass is 414 g/mol. The third kappa shape index (κ3) is 3.93. The van der Waals surface area contributed by atoms with Gasteiger partial charge < -0.3 is 15.1 Å². The number of rotatable bonds is 3. The fourth-order valence-electron chi connectivity index (χ4n) is 3.34. The average Bonchev–Trinajstić information content (AvgIpc) is 3.15. The summed E-state index contributed by atoms with van der Waals surface area (Å²) >= 11 is 7.63. The zero-order valence-corrected chi connectivity index (χ0v) is 17.6. The molecule has 1 saturated heterocycles. The molecule has 1 fully saturated rings. The van der Waals surface area contributed by atoms with E-state index < -0.39 is 0 Å². The number of hydrogen-bond acceptors (Lipinski definition) is 4. The zero-order chi connectivity index (χ0) is 19.7. The second-order valence-corrected chi connectivity index (χ2v) is 8.56. The van der Waals surface area contributed by atoms with Crippen molar-refractivity contribution in [1.29, 1.82) is 0 Å². The standard InChI is InChI=1S/C21H23ClN4OS/c1-14-3-8-18-19(15(14)2)24-21(28-18)26-11-9-25(10-12-26)20(27)23-13-16-4-6-17(22)7-5-16/h3-8H,9-13H2,1-2H3,(H,23,27). The van der Waals surface area contributed by atoms with Gasteiger partial charge >= 0.3 is 6.03 Å². The van der Waals surface area contributed by atoms with Crippen molar-refractivity contribution < 1.29 is 4.79 Å². The fourth-order valence-corrected chi connectivity index (χ4v) is 4.54. The Morgan fingerprint density at radius 2 is 1.82 bits per heavy atom. The van der Waals surface area contributed by atoms with Crippen molar-refractivity contribution in [2.75, 3.05) is 31.1 Å². The molecular weight excluding hydrogens is 392 g/mol. The van der Waals surface area contributed by atoms with E-state index in [1.54, 1.807) is 11.3 Å². The number of carbonyl (C=O) groups is 1. The van der Waals surface area contributed by atoms with Crippen LogP contribution in [0.2, 0.25) is 5.02 Å². The van der Waals surface area contributed by atoms with Crippen LogP contribution in [0.1, 0.15) is 16.7 Å². The molecule has 0 spiro atoms. The van der Waals surface area contributed by atoms with E-state index in [1.807, 2.05) is 29.2 Å². The highest BCUT2D eigenvalue weighted by atomic mass is 35.5. The van der Waals surface area contributed by atoms with Crippen molar-refractivity contribution in [3.05, 3.63) is 58.1 Å². The summed E-state index contributed by atoms with van der Waals surface area (Å²) in [5, 5.41) is 4.74. The average molecular weight is 415 g/mol. The third-order valence-electron chi connectivity index (χ3n) is 5.27. The van der Waals surface area contributed by atoms with Gasteiger partial charge in [0.2, 0.25) is 0 Å². The van der Waals surface area contributed by atoms with E-state index in [0.717, 1.165) is 29.3 Å². The van der Waals surface area contributed by atoms with Gasteiger partial charge in [-0.05, 0) is 48.7 Å². The number of halogens is 1. The number of piperazine rings is 1. The van der Waals surface area contributed by atoms with E-state index in [4.69, 9.17) is 16.6 Å². The first-order chi connectivity index (χ1) is 13.5. The smallest absolute Gasteiger partial charge is 0.317 e. The lowest BCUT2D eigenvalue weighted by molar-refractivity contribution is 0.194. The molecule has 4 rings (SSSR count). The highest BCUT2D eigenvalue weighted by molar-refractivity contribution is 7.22. The summed E-state index contributed by atoms with van der Waals surface area (Å²) in [5.41, 5.74) is 4.66. The number of hydrogen-bond donors (Lipinski definition) is 1. The summed E-state index contributed by atoms with van der Waals surface area (Å²) < 4.78 is 1.22. The number of carbonyl (C=O) groups excluding carboxylic acids is 1. The molecule has 0 bridgehead atoms. The van der Waals surface area contributed by atoms with E-state index in [-0.39, 0.29) is 6.03 Å². The molecular formula is C21H23ClN4OS. The molecule has 0 atom stereocenters. The van der Waals surface area contributed by atoms with Gasteiger partial charge in [-0.25, -0.2) is 9.78 Å². The number of urea groups is 1. The Bertz CT molecular complexity index is 994. The molecule has 1 N–H and O–H groups in total. The van der Waals surface area contributed by atoms with E-state index in [2.05, 4.69) is 36.2 Å². The molecule has 0 aliphatic carbocycles. The molecule has 2 amide bonds. The second-order valence-electron chi connectivity index (χ2n) is 7.11. The second kappa shape index (κ2) is 7.97. The van der Waals surface area contributed by atoms with Gasteiger partial charge in [0.25, 0.3) is 0 Å². The maximum atomic E-state index is 12.5. The quantitative estimate of drug-likeness (QED) is 0.681. The summed E-state index contributed by atoms with van der Waals surface area (Å²) in [6.45, 7) is 7.74. The lowest BCUT2D eigenvalue weighted by Gasteiger charge is -2.34. The van der Waals surface area contributed by atoms with Gasteiger partial charge in [-0.3, -0.25) is 0 Å². The number of aryl methyl sites for hydroxylation is 2. The van der Waals surface area contributed by atoms with Crippen molar-refractivity contribution in [2.45, 2.75) is 20.4 Å². The van der Waals surface area contributed by atoms with Crippen LogP contribution in [0.5, 0.6) is 0 Å². The minimum absolute atomic E-state index is 0.0228. The number of nitrogens with zero attached hydrogens (tertiary/aromatic N) is 3. The number of amides is 2. The van der Waals surface area contributed by atoms with Gasteiger partial charge in [0.1, 0.15) is 0 Å². The van der Waals surface area contributed by atoms with E-state index in [0.29, 0.717) is 24.7 Å². The van der Waals surface area contributed by atoms with E-state index in [9.17, 15) is 4.79 Å². The third-order valence-corrected chi connectivity index (χ3v) is 6.60. The van der Waals surface area contributed by atoms with Crippen molar-refractivity contribution in [3.8, 4) is 0 Å². The molecule has 0 saturated carbocycles. The maximum absolute atomic E-state index is 12.5. The molecule has 28 heavy (non-hydrogen) atoms. The first kappa shape index (κ1) is 19.0. The van der Waals surface area contributed by atoms with Crippen LogP contribution in [0.25, 0.3) is 10.2 Å². The Morgan fingerprint density at radius 1 is 1.11 bits per heavy atom. The van der Waals surface area contributed by atoms with Crippen LogP contribution in [0.15, 0.2) is 36.4 Å². The van der Waals surface area contributed by atoms with Gasteiger partial charge in [-0.15, -0.1) is 0 Å². The predicted octanol–water partition coefficient (Wildman–Crippen LogP) is 4.60. The van der Waals surface area contributed by atoms with Gasteiger partial charge in [0.15, 0.2) is 5.13 Å². The molecule has 146 valence electrons. The molecule has 1 aromatic heterocycles. The molecule has 5 nitrogen and oxygen atoms in total. The lowest BCUT2D eigenvalue weighted by Crippen LogP contribution is -2.51. The maximum Gasteiger partial charge on any atom is 0.317 e. The SMILES string of the molecule is Cc1ccc2sc(N3CCN(C(=O)NCc4ccc(Cl)cc4)CC3)nc2c1C. The van der Waals surface area contributed by atoms with Crippen LogP contribution < -0.4 is 10.2 Å². The summed E-state index contributed by atoms with van der Waals surface area (Å²) in [4.78, 5) is 21.5. The Morgan fingerprint density at radius 3 is 2.54 bits per heavy atom. The van der Waals surface area contributed by atoms with Crippen molar-refractivity contribution in [2.24, 2.45) is 0 Å². The molecule has 3 aromatic rings. The van der Waals surface area contributed by atoms with Crippen LogP contribution in [0.3, 0.4) is 0 Å². The number of nitrogens with one attached hydrogen (secondary N) is 1. The first-order valence-corrected chi connectivity index (χ1v) is 10.6. The van der Waals surface area contributed by atoms with Crippen LogP contribution in [0.4, 0.5) is 9.93 Å². The molecule has 2 heterocycles. The minimum atomic E-state index is -0.0228. The molecule has 1 aliphatic rings. The topological polar surface area (TPSA) is 48.5 Å². The van der Waals surface area contributed by atoms with Gasteiger partial charge in [0, 0.05) is 37.7 Å². The summed E-state index contributed by atoms with van der Waals surface area (Å²) in [7, 11) is 0. The number of aromatic nitrogens is 1. The number of thiazole rings is 1. The van der Waals surface area contributed by atoms with Crippen LogP contribution >= 0.6 is 22.9 Å². The van der Waals surface area contributed by atoms with Crippen molar-refractivity contribution >= 4 is 44.3 Å². The van der Waals surface area contributed by atoms with Gasteiger partial charge in [-0.1, -0.05) is 41.1 Å². The summed E-state index contributed by atoms with van der Waals surface area (Å²) in [6, 6.07) is 11.8. The Hall–Kier alpha value is -2.31. The summed E-state index contributed by atoms with van der Waals surface area (Å²) in [5.74, 6) is 0. The zero-order valence-electron chi connectivity index (χ0n) is 16.0. The Balaban J connectivity index is 1.34. The Labute approximate surface area is 173 Å². The lowest BCUT2D eigenvalue weighted by atomic mass is 10.1. The molecule has 0 radical (unpaired) electrons. The highest BCUT2D eigenvalue weighted by Crippen LogP contribution is 2.32. The fraction of sp³-hybridized carbons (Fsp3) is 0.333. The van der Waals surface area contributed by atoms with Gasteiger partial charge in [-0.2, -0.15) is 0 Å². The molecule has 2 aromatic carbocycles. The number of anilines is 1. The number of fused-ring (bicyclic) bond motifs is 1.